The fourth-order valence-electron chi connectivity index (χ4n) is 3.59. The van der Waals surface area contributed by atoms with Gasteiger partial charge in [-0.2, -0.15) is 0 Å². The largest absolute Gasteiger partial charge is 0.382 e. The van der Waals surface area contributed by atoms with Gasteiger partial charge in [0, 0.05) is 44.4 Å². The topological polar surface area (TPSA) is 46.6 Å². The third kappa shape index (κ3) is 3.35. The minimum absolute atomic E-state index is 0.504. The second-order valence-electron chi connectivity index (χ2n) is 6.21. The highest BCUT2D eigenvalue weighted by atomic mass is 32.1. The molecule has 1 N–H and O–H groups in total. The molecule has 0 aromatic carbocycles. The number of ether oxygens (including phenoxy) is 2. The molecule has 6 heteroatoms. The summed E-state index contributed by atoms with van der Waals surface area (Å²) in [6.45, 7) is 6.46. The molecular formula is C17H23N3O2S. The lowest BCUT2D eigenvalue weighted by molar-refractivity contribution is 0.00462. The van der Waals surface area contributed by atoms with Crippen LogP contribution < -0.4 is 5.32 Å². The van der Waals surface area contributed by atoms with Crippen molar-refractivity contribution in [2.24, 2.45) is 5.92 Å². The van der Waals surface area contributed by atoms with E-state index < -0.39 is 0 Å². The molecular weight excluding hydrogens is 310 g/mol. The van der Waals surface area contributed by atoms with Crippen LogP contribution in [0.3, 0.4) is 0 Å². The van der Waals surface area contributed by atoms with E-state index in [9.17, 15) is 0 Å². The number of rotatable bonds is 5. The predicted molar refractivity (Wildman–Crippen MR) is 93.2 cm³/mol. The van der Waals surface area contributed by atoms with Crippen molar-refractivity contribution in [2.75, 3.05) is 51.4 Å². The molecule has 4 heterocycles. The van der Waals surface area contributed by atoms with E-state index in [1.165, 1.54) is 10.4 Å². The molecule has 23 heavy (non-hydrogen) atoms. The highest BCUT2D eigenvalue weighted by Gasteiger charge is 2.31. The lowest BCUT2D eigenvalue weighted by atomic mass is 9.96. The first kappa shape index (κ1) is 15.3. The molecule has 0 spiro atoms. The maximum Gasteiger partial charge on any atom is 0.0830 e. The van der Waals surface area contributed by atoms with Gasteiger partial charge >= 0.3 is 0 Å². The van der Waals surface area contributed by atoms with Crippen molar-refractivity contribution in [2.45, 2.75) is 12.5 Å². The van der Waals surface area contributed by atoms with Crippen LogP contribution in [-0.2, 0) is 9.47 Å². The quantitative estimate of drug-likeness (QED) is 0.911. The molecule has 2 saturated heterocycles. The van der Waals surface area contributed by atoms with E-state index in [-0.39, 0.29) is 0 Å². The number of hydrogen-bond donors (Lipinski definition) is 1. The molecule has 0 radical (unpaired) electrons. The highest BCUT2D eigenvalue weighted by Crippen LogP contribution is 2.28. The minimum atomic E-state index is 0.504. The van der Waals surface area contributed by atoms with Gasteiger partial charge in [-0.1, -0.05) is 0 Å². The number of aromatic nitrogens is 1. The highest BCUT2D eigenvalue weighted by molar-refractivity contribution is 7.17. The van der Waals surface area contributed by atoms with Crippen molar-refractivity contribution in [1.82, 2.24) is 9.88 Å². The molecule has 4 rings (SSSR count). The standard InChI is InChI=1S/C17H23N3O2S/c1-4-18-15-3-10-23-17(15)14(1)19-11-16(13-2-7-22-12-13)20-5-8-21-9-6-20/h1,3-4,10,13,16H,2,5-9,11-12H2,(H,18,19)/t13-,16+/m1/s1. The molecule has 2 aliphatic heterocycles. The molecule has 0 amide bonds. The minimum Gasteiger partial charge on any atom is -0.382 e. The summed E-state index contributed by atoms with van der Waals surface area (Å²) in [7, 11) is 0. The average Bonchev–Trinajstić information content (AvgIpc) is 3.28. The molecule has 2 aliphatic rings. The van der Waals surface area contributed by atoms with Crippen LogP contribution in [-0.4, -0.2) is 62.0 Å². The van der Waals surface area contributed by atoms with E-state index in [1.807, 2.05) is 6.20 Å². The van der Waals surface area contributed by atoms with Gasteiger partial charge in [0.25, 0.3) is 0 Å². The van der Waals surface area contributed by atoms with E-state index in [4.69, 9.17) is 9.47 Å². The predicted octanol–water partition coefficient (Wildman–Crippen LogP) is 2.45. The maximum atomic E-state index is 5.65. The van der Waals surface area contributed by atoms with Crippen molar-refractivity contribution < 1.29 is 9.47 Å². The van der Waals surface area contributed by atoms with Crippen molar-refractivity contribution in [1.29, 1.82) is 0 Å². The van der Waals surface area contributed by atoms with Crippen molar-refractivity contribution in [3.8, 4) is 0 Å². The van der Waals surface area contributed by atoms with Gasteiger partial charge in [0.05, 0.1) is 35.7 Å². The summed E-state index contributed by atoms with van der Waals surface area (Å²) in [5.41, 5.74) is 2.27. The van der Waals surface area contributed by atoms with Crippen LogP contribution in [0.5, 0.6) is 0 Å². The number of nitrogens with one attached hydrogen (secondary N) is 1. The number of anilines is 1. The smallest absolute Gasteiger partial charge is 0.0830 e. The molecule has 0 unspecified atom stereocenters. The van der Waals surface area contributed by atoms with Crippen LogP contribution in [0.2, 0.25) is 0 Å². The molecule has 2 atom stereocenters. The number of thiophene rings is 1. The summed E-state index contributed by atoms with van der Waals surface area (Å²) >= 11 is 1.75. The zero-order valence-corrected chi connectivity index (χ0v) is 14.1. The van der Waals surface area contributed by atoms with Crippen LogP contribution in [0.1, 0.15) is 6.42 Å². The first-order chi connectivity index (χ1) is 11.4. The van der Waals surface area contributed by atoms with E-state index in [2.05, 4.69) is 32.7 Å². The number of nitrogens with zero attached hydrogens (tertiary/aromatic N) is 2. The molecule has 0 bridgehead atoms. The van der Waals surface area contributed by atoms with Gasteiger partial charge in [-0.25, -0.2) is 0 Å². The van der Waals surface area contributed by atoms with Gasteiger partial charge in [-0.3, -0.25) is 9.88 Å². The number of morpholine rings is 1. The fourth-order valence-corrected chi connectivity index (χ4v) is 4.43. The average molecular weight is 333 g/mol. The second kappa shape index (κ2) is 7.13. The van der Waals surface area contributed by atoms with Crippen molar-refractivity contribution >= 4 is 27.2 Å². The monoisotopic (exact) mass is 333 g/mol. The van der Waals surface area contributed by atoms with E-state index in [0.717, 1.165) is 58.0 Å². The third-order valence-corrected chi connectivity index (χ3v) is 5.81. The first-order valence-corrected chi connectivity index (χ1v) is 9.25. The maximum absolute atomic E-state index is 5.65. The van der Waals surface area contributed by atoms with E-state index >= 15 is 0 Å². The normalized spacial score (nSPS) is 24.1. The van der Waals surface area contributed by atoms with Gasteiger partial charge in [0.15, 0.2) is 0 Å². The van der Waals surface area contributed by atoms with E-state index in [1.54, 1.807) is 11.3 Å². The van der Waals surface area contributed by atoms with Gasteiger partial charge in [-0.05, 0) is 23.9 Å². The van der Waals surface area contributed by atoms with Crippen LogP contribution in [0, 0.1) is 5.92 Å². The lowest BCUT2D eigenvalue weighted by Gasteiger charge is -2.37. The Bertz CT molecular complexity index is 636. The Balaban J connectivity index is 1.49. The first-order valence-electron chi connectivity index (χ1n) is 8.37. The Morgan fingerprint density at radius 3 is 3.00 bits per heavy atom. The van der Waals surface area contributed by atoms with Gasteiger partial charge in [0.1, 0.15) is 0 Å². The summed E-state index contributed by atoms with van der Waals surface area (Å²) in [5, 5.41) is 5.78. The third-order valence-electron chi connectivity index (χ3n) is 4.87. The molecule has 2 aromatic rings. The molecule has 2 fully saturated rings. The summed E-state index contributed by atoms with van der Waals surface area (Å²) in [6.07, 6.45) is 3.05. The van der Waals surface area contributed by atoms with Gasteiger partial charge in [-0.15, -0.1) is 11.3 Å². The molecule has 2 aromatic heterocycles. The van der Waals surface area contributed by atoms with E-state index in [0.29, 0.717) is 12.0 Å². The zero-order valence-electron chi connectivity index (χ0n) is 13.2. The zero-order chi connectivity index (χ0) is 15.5. The second-order valence-corrected chi connectivity index (χ2v) is 7.13. The molecule has 0 saturated carbocycles. The number of fused-ring (bicyclic) bond motifs is 1. The van der Waals surface area contributed by atoms with Crippen molar-refractivity contribution in [3.05, 3.63) is 23.7 Å². The molecule has 124 valence electrons. The fraction of sp³-hybridized carbons (Fsp3) is 0.588. The molecule has 0 aliphatic carbocycles. The van der Waals surface area contributed by atoms with Crippen LogP contribution in [0.25, 0.3) is 10.2 Å². The lowest BCUT2D eigenvalue weighted by Crippen LogP contribution is -2.50. The Morgan fingerprint density at radius 1 is 1.26 bits per heavy atom. The summed E-state index contributed by atoms with van der Waals surface area (Å²) in [6, 6.07) is 4.67. The van der Waals surface area contributed by atoms with Crippen LogP contribution >= 0.6 is 11.3 Å². The SMILES string of the molecule is c1cc(NC[C@@H]([C@@H]2CCOC2)N2CCOCC2)c2sccc2n1. The Kier molecular flexibility index (Phi) is 4.75. The van der Waals surface area contributed by atoms with Gasteiger partial charge < -0.3 is 14.8 Å². The van der Waals surface area contributed by atoms with Crippen LogP contribution in [0.15, 0.2) is 23.7 Å². The summed E-state index contributed by atoms with van der Waals surface area (Å²) < 4.78 is 12.4. The summed E-state index contributed by atoms with van der Waals surface area (Å²) in [4.78, 5) is 6.99. The Labute approximate surface area is 140 Å². The Morgan fingerprint density at radius 2 is 2.17 bits per heavy atom. The van der Waals surface area contributed by atoms with Crippen LogP contribution in [0.4, 0.5) is 5.69 Å². The van der Waals surface area contributed by atoms with Gasteiger partial charge in [0.2, 0.25) is 0 Å². The number of hydrogen-bond acceptors (Lipinski definition) is 6. The van der Waals surface area contributed by atoms with Crippen molar-refractivity contribution in [3.63, 3.8) is 0 Å². The summed E-state index contributed by atoms with van der Waals surface area (Å²) in [5.74, 6) is 0.612. The molecule has 5 nitrogen and oxygen atoms in total. The number of pyridine rings is 1. The Hall–Kier alpha value is -1.21.